The number of aliphatic hydroxyl groups is 2. The third-order valence-electron chi connectivity index (χ3n) is 4.73. The van der Waals surface area contributed by atoms with Crippen LogP contribution in [0.15, 0.2) is 48.5 Å². The summed E-state index contributed by atoms with van der Waals surface area (Å²) < 4.78 is 0. The smallest absolute Gasteiger partial charge is 0.254 e. The van der Waals surface area contributed by atoms with Gasteiger partial charge in [0, 0.05) is 31.2 Å². The van der Waals surface area contributed by atoms with Crippen molar-refractivity contribution in [3.8, 4) is 11.1 Å². The lowest BCUT2D eigenvalue weighted by Crippen LogP contribution is -2.47. The Morgan fingerprint density at radius 2 is 2.00 bits per heavy atom. The van der Waals surface area contributed by atoms with Crippen molar-refractivity contribution in [1.29, 1.82) is 0 Å². The minimum Gasteiger partial charge on any atom is -0.396 e. The van der Waals surface area contributed by atoms with Crippen molar-refractivity contribution >= 4 is 5.91 Å². The zero-order chi connectivity index (χ0) is 17.1. The number of carbonyl (C=O) groups is 1. The van der Waals surface area contributed by atoms with Crippen molar-refractivity contribution in [3.63, 3.8) is 0 Å². The van der Waals surface area contributed by atoms with Gasteiger partial charge in [0.25, 0.3) is 5.91 Å². The van der Waals surface area contributed by atoms with E-state index in [4.69, 9.17) is 0 Å². The first-order chi connectivity index (χ1) is 11.6. The molecule has 0 saturated carbocycles. The van der Waals surface area contributed by atoms with Gasteiger partial charge < -0.3 is 15.1 Å². The first-order valence-corrected chi connectivity index (χ1v) is 8.34. The quantitative estimate of drug-likeness (QED) is 0.911. The molecule has 2 N–H and O–H groups in total. The standard InChI is InChI=1S/C20H23NO3/c1-14-5-4-6-15(11-14)17-7-2-3-8-18(17)20(24)21-10-9-16(13-22)19(23)12-21/h2-8,11,16,19,22-23H,9-10,12-13H2,1H3/t16-,19-/m1/s1. The van der Waals surface area contributed by atoms with Crippen molar-refractivity contribution in [1.82, 2.24) is 4.90 Å². The van der Waals surface area contributed by atoms with Gasteiger partial charge in [-0.2, -0.15) is 0 Å². The molecule has 0 spiro atoms. The van der Waals surface area contributed by atoms with Gasteiger partial charge in [-0.25, -0.2) is 0 Å². The predicted octanol–water partition coefficient (Wildman–Crippen LogP) is 2.48. The van der Waals surface area contributed by atoms with E-state index in [1.54, 1.807) is 4.90 Å². The Labute approximate surface area is 142 Å². The van der Waals surface area contributed by atoms with Gasteiger partial charge in [0.15, 0.2) is 0 Å². The maximum Gasteiger partial charge on any atom is 0.254 e. The number of amides is 1. The number of rotatable bonds is 3. The molecule has 1 amide bonds. The largest absolute Gasteiger partial charge is 0.396 e. The normalized spacial score (nSPS) is 20.9. The molecule has 4 heteroatoms. The Balaban J connectivity index is 1.89. The Morgan fingerprint density at radius 3 is 2.71 bits per heavy atom. The van der Waals surface area contributed by atoms with Gasteiger partial charge in [0.05, 0.1) is 6.10 Å². The first-order valence-electron chi connectivity index (χ1n) is 8.34. The molecular weight excluding hydrogens is 302 g/mol. The summed E-state index contributed by atoms with van der Waals surface area (Å²) in [4.78, 5) is 14.7. The number of benzene rings is 2. The molecule has 0 radical (unpaired) electrons. The summed E-state index contributed by atoms with van der Waals surface area (Å²) in [5, 5.41) is 19.4. The number of likely N-dealkylation sites (tertiary alicyclic amines) is 1. The number of carbonyl (C=O) groups excluding carboxylic acids is 1. The molecule has 3 rings (SSSR count). The molecule has 1 aliphatic rings. The molecule has 2 atom stereocenters. The Kier molecular flexibility index (Phi) is 4.97. The Morgan fingerprint density at radius 1 is 1.21 bits per heavy atom. The number of β-amino-alcohol motifs (C(OH)–C–C–N with tert-alkyl or cyclic N) is 1. The van der Waals surface area contributed by atoms with Crippen LogP contribution in [0.25, 0.3) is 11.1 Å². The fraction of sp³-hybridized carbons (Fsp3) is 0.350. The van der Waals surface area contributed by atoms with Gasteiger partial charge in [0.1, 0.15) is 0 Å². The van der Waals surface area contributed by atoms with Crippen LogP contribution < -0.4 is 0 Å². The maximum atomic E-state index is 13.0. The van der Waals surface area contributed by atoms with E-state index >= 15 is 0 Å². The van der Waals surface area contributed by atoms with Crippen molar-refractivity contribution in [3.05, 3.63) is 59.7 Å². The lowest BCUT2D eigenvalue weighted by molar-refractivity contribution is 0.000905. The lowest BCUT2D eigenvalue weighted by Gasteiger charge is -2.35. The molecule has 2 aromatic rings. The van der Waals surface area contributed by atoms with Crippen LogP contribution in [0.1, 0.15) is 22.3 Å². The minimum atomic E-state index is -0.668. The SMILES string of the molecule is Cc1cccc(-c2ccccc2C(=O)N2CC[C@H](CO)[C@H](O)C2)c1. The van der Waals surface area contributed by atoms with E-state index in [0.717, 1.165) is 16.7 Å². The highest BCUT2D eigenvalue weighted by Crippen LogP contribution is 2.27. The topological polar surface area (TPSA) is 60.8 Å². The Bertz CT molecular complexity index is 728. The number of aliphatic hydroxyl groups excluding tert-OH is 2. The molecule has 0 aliphatic carbocycles. The average molecular weight is 325 g/mol. The van der Waals surface area contributed by atoms with Crippen LogP contribution in [0.4, 0.5) is 0 Å². The molecule has 0 bridgehead atoms. The molecule has 0 unspecified atom stereocenters. The molecular formula is C20H23NO3. The highest BCUT2D eigenvalue weighted by Gasteiger charge is 2.30. The van der Waals surface area contributed by atoms with Gasteiger partial charge in [-0.15, -0.1) is 0 Å². The first kappa shape index (κ1) is 16.7. The van der Waals surface area contributed by atoms with E-state index in [1.807, 2.05) is 49.4 Å². The van der Waals surface area contributed by atoms with Crippen LogP contribution in [0.3, 0.4) is 0 Å². The van der Waals surface area contributed by atoms with E-state index in [1.165, 1.54) is 0 Å². The van der Waals surface area contributed by atoms with Gasteiger partial charge in [-0.1, -0.05) is 48.0 Å². The monoisotopic (exact) mass is 325 g/mol. The summed E-state index contributed by atoms with van der Waals surface area (Å²) in [6, 6.07) is 15.7. The number of piperidine rings is 1. The molecule has 1 aliphatic heterocycles. The van der Waals surface area contributed by atoms with Crippen molar-refractivity contribution in [2.24, 2.45) is 5.92 Å². The third-order valence-corrected chi connectivity index (χ3v) is 4.73. The number of hydrogen-bond acceptors (Lipinski definition) is 3. The van der Waals surface area contributed by atoms with Crippen LogP contribution in [0.5, 0.6) is 0 Å². The summed E-state index contributed by atoms with van der Waals surface area (Å²) in [5.41, 5.74) is 3.72. The van der Waals surface area contributed by atoms with Crippen LogP contribution >= 0.6 is 0 Å². The van der Waals surface area contributed by atoms with Gasteiger partial charge >= 0.3 is 0 Å². The maximum absolute atomic E-state index is 13.0. The number of hydrogen-bond donors (Lipinski definition) is 2. The second-order valence-corrected chi connectivity index (χ2v) is 6.46. The molecule has 24 heavy (non-hydrogen) atoms. The molecule has 0 aromatic heterocycles. The second kappa shape index (κ2) is 7.16. The summed E-state index contributed by atoms with van der Waals surface area (Å²) in [5.74, 6) is -0.205. The van der Waals surface area contributed by atoms with Crippen molar-refractivity contribution in [2.45, 2.75) is 19.4 Å². The van der Waals surface area contributed by atoms with Gasteiger partial charge in [-0.3, -0.25) is 4.79 Å². The molecule has 126 valence electrons. The predicted molar refractivity (Wildman–Crippen MR) is 93.7 cm³/mol. The molecule has 4 nitrogen and oxygen atoms in total. The summed E-state index contributed by atoms with van der Waals surface area (Å²) in [7, 11) is 0. The van der Waals surface area contributed by atoms with E-state index < -0.39 is 6.10 Å². The summed E-state index contributed by atoms with van der Waals surface area (Å²) in [6.45, 7) is 2.82. The van der Waals surface area contributed by atoms with E-state index in [2.05, 4.69) is 6.07 Å². The number of aryl methyl sites for hydroxylation is 1. The van der Waals surface area contributed by atoms with Gasteiger partial charge in [0.2, 0.25) is 0 Å². The van der Waals surface area contributed by atoms with Crippen LogP contribution in [-0.4, -0.2) is 46.8 Å². The lowest BCUT2D eigenvalue weighted by atomic mass is 9.93. The summed E-state index contributed by atoms with van der Waals surface area (Å²) in [6.07, 6.45) is -0.0467. The second-order valence-electron chi connectivity index (χ2n) is 6.46. The molecule has 1 fully saturated rings. The van der Waals surface area contributed by atoms with E-state index in [-0.39, 0.29) is 25.0 Å². The summed E-state index contributed by atoms with van der Waals surface area (Å²) >= 11 is 0. The number of nitrogens with zero attached hydrogens (tertiary/aromatic N) is 1. The van der Waals surface area contributed by atoms with Crippen molar-refractivity contribution < 1.29 is 15.0 Å². The van der Waals surface area contributed by atoms with E-state index in [0.29, 0.717) is 18.5 Å². The van der Waals surface area contributed by atoms with Gasteiger partial charge in [-0.05, 0) is 30.5 Å². The fourth-order valence-electron chi connectivity index (χ4n) is 3.28. The fourth-order valence-corrected chi connectivity index (χ4v) is 3.28. The highest BCUT2D eigenvalue weighted by molar-refractivity contribution is 6.01. The van der Waals surface area contributed by atoms with Crippen molar-refractivity contribution in [2.75, 3.05) is 19.7 Å². The zero-order valence-corrected chi connectivity index (χ0v) is 13.9. The van der Waals surface area contributed by atoms with E-state index in [9.17, 15) is 15.0 Å². The third kappa shape index (κ3) is 3.35. The molecule has 2 aromatic carbocycles. The molecule has 1 heterocycles. The minimum absolute atomic E-state index is 0.0386. The highest BCUT2D eigenvalue weighted by atomic mass is 16.3. The van der Waals surface area contributed by atoms with Crippen LogP contribution in [-0.2, 0) is 0 Å². The molecule has 1 saturated heterocycles. The Hall–Kier alpha value is -2.17. The van der Waals surface area contributed by atoms with Crippen LogP contribution in [0.2, 0.25) is 0 Å². The zero-order valence-electron chi connectivity index (χ0n) is 13.9. The average Bonchev–Trinajstić information content (AvgIpc) is 2.61. The van der Waals surface area contributed by atoms with Crippen LogP contribution in [0, 0.1) is 12.8 Å².